The summed E-state index contributed by atoms with van der Waals surface area (Å²) in [6.45, 7) is 3.63. The van der Waals surface area contributed by atoms with Crippen LogP contribution in [0.5, 0.6) is 0 Å². The average molecular weight is 447 g/mol. The van der Waals surface area contributed by atoms with Gasteiger partial charge in [-0.3, -0.25) is 9.89 Å². The van der Waals surface area contributed by atoms with E-state index >= 15 is 0 Å². The Balaban J connectivity index is 1.82. The summed E-state index contributed by atoms with van der Waals surface area (Å²) < 4.78 is 27.0. The third-order valence-corrected chi connectivity index (χ3v) is 6.20. The number of hydrogen-bond acceptors (Lipinski definition) is 4. The van der Waals surface area contributed by atoms with Crippen molar-refractivity contribution in [2.24, 2.45) is 5.10 Å². The number of rotatable bonds is 6. The van der Waals surface area contributed by atoms with Crippen molar-refractivity contribution in [3.05, 3.63) is 118 Å². The van der Waals surface area contributed by atoms with Crippen molar-refractivity contribution >= 4 is 15.7 Å². The van der Waals surface area contributed by atoms with Gasteiger partial charge in [0.15, 0.2) is 0 Å². The van der Waals surface area contributed by atoms with Gasteiger partial charge in [0.05, 0.1) is 16.1 Å². The van der Waals surface area contributed by atoms with E-state index in [4.69, 9.17) is 0 Å². The Bertz CT molecular complexity index is 1420. The highest BCUT2D eigenvalue weighted by Gasteiger charge is 2.21. The molecule has 0 unspecified atom stereocenters. The number of aromatic amines is 1. The van der Waals surface area contributed by atoms with Gasteiger partial charge in [0, 0.05) is 11.3 Å². The molecule has 0 saturated carbocycles. The molecule has 0 saturated heterocycles. The fraction of sp³-hybridized carbons (Fsp3) is 0.0833. The van der Waals surface area contributed by atoms with Crippen LogP contribution in [0, 0.1) is 13.8 Å². The van der Waals surface area contributed by atoms with Crippen LogP contribution < -0.4 is 10.4 Å². The molecule has 0 amide bonds. The smallest absolute Gasteiger partial charge is 0.281 e. The van der Waals surface area contributed by atoms with Gasteiger partial charge < -0.3 is 0 Å². The van der Waals surface area contributed by atoms with Crippen molar-refractivity contribution in [3.8, 4) is 5.69 Å². The van der Waals surface area contributed by atoms with Gasteiger partial charge >= 0.3 is 0 Å². The first-order valence-electron chi connectivity index (χ1n) is 9.96. The van der Waals surface area contributed by atoms with Crippen molar-refractivity contribution in [2.75, 3.05) is 0 Å². The number of hydrazone groups is 1. The van der Waals surface area contributed by atoms with Crippen molar-refractivity contribution in [1.82, 2.24) is 14.6 Å². The van der Waals surface area contributed by atoms with Crippen molar-refractivity contribution in [2.45, 2.75) is 18.7 Å². The molecular weight excluding hydrogens is 424 g/mol. The van der Waals surface area contributed by atoms with Gasteiger partial charge in [0.25, 0.3) is 15.6 Å². The Morgan fingerprint density at radius 3 is 2.09 bits per heavy atom. The van der Waals surface area contributed by atoms with E-state index in [1.807, 2.05) is 31.2 Å². The summed E-state index contributed by atoms with van der Waals surface area (Å²) >= 11 is 0. The molecule has 2 N–H and O–H groups in total. The van der Waals surface area contributed by atoms with E-state index in [-0.39, 0.29) is 21.7 Å². The minimum Gasteiger partial charge on any atom is -0.295 e. The van der Waals surface area contributed by atoms with Crippen LogP contribution in [0.15, 0.2) is 99.7 Å². The number of nitrogens with one attached hydrogen (secondary N) is 2. The maximum Gasteiger partial charge on any atom is 0.281 e. The quantitative estimate of drug-likeness (QED) is 0.350. The zero-order valence-electron chi connectivity index (χ0n) is 17.6. The van der Waals surface area contributed by atoms with E-state index in [2.05, 4.69) is 15.0 Å². The van der Waals surface area contributed by atoms with E-state index < -0.39 is 10.0 Å². The van der Waals surface area contributed by atoms with E-state index in [9.17, 15) is 13.2 Å². The first-order valence-corrected chi connectivity index (χ1v) is 11.4. The molecule has 0 aliphatic heterocycles. The van der Waals surface area contributed by atoms with E-state index in [0.29, 0.717) is 16.9 Å². The normalized spacial score (nSPS) is 12.0. The van der Waals surface area contributed by atoms with Crippen molar-refractivity contribution in [1.29, 1.82) is 0 Å². The zero-order chi connectivity index (χ0) is 22.7. The van der Waals surface area contributed by atoms with Crippen LogP contribution in [0.2, 0.25) is 0 Å². The van der Waals surface area contributed by atoms with Crippen LogP contribution in [0.4, 0.5) is 0 Å². The number of nitrogens with zero attached hydrogens (tertiary/aromatic N) is 2. The molecule has 1 heterocycles. The Morgan fingerprint density at radius 2 is 1.47 bits per heavy atom. The lowest BCUT2D eigenvalue weighted by Crippen LogP contribution is -2.25. The third kappa shape index (κ3) is 4.26. The predicted molar refractivity (Wildman–Crippen MR) is 125 cm³/mol. The molecule has 0 fully saturated rings. The fourth-order valence-corrected chi connectivity index (χ4v) is 4.13. The molecule has 8 heteroatoms. The molecule has 0 aliphatic carbocycles. The van der Waals surface area contributed by atoms with Crippen LogP contribution in [-0.4, -0.2) is 23.9 Å². The lowest BCUT2D eigenvalue weighted by Gasteiger charge is -2.08. The Hall–Kier alpha value is -3.91. The van der Waals surface area contributed by atoms with E-state index in [1.165, 1.54) is 16.8 Å². The molecule has 0 radical (unpaired) electrons. The highest BCUT2D eigenvalue weighted by molar-refractivity contribution is 7.89. The van der Waals surface area contributed by atoms with Crippen LogP contribution in [0.3, 0.4) is 0 Å². The summed E-state index contributed by atoms with van der Waals surface area (Å²) in [5.74, 6) is 0. The van der Waals surface area contributed by atoms with Gasteiger partial charge in [-0.2, -0.15) is 18.4 Å². The molecule has 4 aromatic rings. The summed E-state index contributed by atoms with van der Waals surface area (Å²) in [5.41, 5.74) is 2.98. The van der Waals surface area contributed by atoms with Crippen LogP contribution in [0.25, 0.3) is 5.69 Å². The molecule has 1 aromatic heterocycles. The molecule has 162 valence electrons. The molecular formula is C24H22N4O3S. The summed E-state index contributed by atoms with van der Waals surface area (Å²) in [6.07, 6.45) is 0. The average Bonchev–Trinajstić information content (AvgIpc) is 3.10. The minimum atomic E-state index is -3.92. The Labute approximate surface area is 186 Å². The minimum absolute atomic E-state index is 0.0896. The molecule has 3 aromatic carbocycles. The van der Waals surface area contributed by atoms with E-state index in [1.54, 1.807) is 55.5 Å². The number of hydrogen-bond donors (Lipinski definition) is 2. The topological polar surface area (TPSA) is 96.3 Å². The van der Waals surface area contributed by atoms with Gasteiger partial charge in [-0.25, -0.2) is 4.68 Å². The number of benzene rings is 3. The second kappa shape index (κ2) is 8.68. The number of aryl methyl sites for hydroxylation is 2. The summed E-state index contributed by atoms with van der Waals surface area (Å²) in [6, 6.07) is 24.6. The zero-order valence-corrected chi connectivity index (χ0v) is 18.4. The maximum absolute atomic E-state index is 13.3. The molecule has 0 spiro atoms. The molecule has 0 aliphatic rings. The first kappa shape index (κ1) is 21.3. The Kier molecular flexibility index (Phi) is 5.79. The van der Waals surface area contributed by atoms with Crippen molar-refractivity contribution in [3.63, 3.8) is 0 Å². The van der Waals surface area contributed by atoms with Gasteiger partial charge in [-0.15, -0.1) is 0 Å². The highest BCUT2D eigenvalue weighted by atomic mass is 32.2. The molecule has 4 rings (SSSR count). The SMILES string of the molecule is Cc1ccc(S(=O)(=O)N/N=C(\c2ccccc2)c2c(C)[nH]n(-c3ccccc3)c2=O)cc1. The second-order valence-corrected chi connectivity index (χ2v) is 8.98. The molecule has 32 heavy (non-hydrogen) atoms. The predicted octanol–water partition coefficient (Wildman–Crippen LogP) is 3.51. The molecule has 7 nitrogen and oxygen atoms in total. The van der Waals surface area contributed by atoms with Crippen LogP contribution in [0.1, 0.15) is 22.4 Å². The fourth-order valence-electron chi connectivity index (χ4n) is 3.32. The lowest BCUT2D eigenvalue weighted by atomic mass is 10.0. The summed E-state index contributed by atoms with van der Waals surface area (Å²) in [5, 5.41) is 7.27. The molecule has 0 bridgehead atoms. The van der Waals surface area contributed by atoms with Gasteiger partial charge in [0.2, 0.25) is 0 Å². The largest absolute Gasteiger partial charge is 0.295 e. The molecule has 0 atom stereocenters. The van der Waals surface area contributed by atoms with Gasteiger partial charge in [0.1, 0.15) is 5.71 Å². The summed E-state index contributed by atoms with van der Waals surface area (Å²) in [4.78, 5) is 15.7. The monoisotopic (exact) mass is 446 g/mol. The maximum atomic E-state index is 13.3. The van der Waals surface area contributed by atoms with Gasteiger partial charge in [-0.1, -0.05) is 66.2 Å². The summed E-state index contributed by atoms with van der Waals surface area (Å²) in [7, 11) is -3.92. The Morgan fingerprint density at radius 1 is 0.875 bits per heavy atom. The van der Waals surface area contributed by atoms with Crippen molar-refractivity contribution < 1.29 is 8.42 Å². The number of para-hydroxylation sites is 1. The van der Waals surface area contributed by atoms with Crippen LogP contribution in [-0.2, 0) is 10.0 Å². The second-order valence-electron chi connectivity index (χ2n) is 7.32. The van der Waals surface area contributed by atoms with E-state index in [0.717, 1.165) is 5.56 Å². The number of aromatic nitrogens is 2. The third-order valence-electron chi connectivity index (χ3n) is 4.98. The standard InChI is InChI=1S/C24H22N4O3S/c1-17-13-15-21(16-14-17)32(30,31)27-25-23(19-9-5-3-6-10-19)22-18(2)26-28(24(22)29)20-11-7-4-8-12-20/h3-16,26-27H,1-2H3/b25-23+. The van der Waals surface area contributed by atoms with Gasteiger partial charge in [-0.05, 0) is 38.1 Å². The highest BCUT2D eigenvalue weighted by Crippen LogP contribution is 2.15. The first-order chi connectivity index (χ1) is 15.4. The number of sulfonamides is 1. The number of H-pyrrole nitrogens is 1. The van der Waals surface area contributed by atoms with Crippen LogP contribution >= 0.6 is 0 Å². The lowest BCUT2D eigenvalue weighted by molar-refractivity contribution is 0.584.